The highest BCUT2D eigenvalue weighted by Crippen LogP contribution is 2.12. The maximum absolute atomic E-state index is 11.2. The SMILES string of the molecule is CCC(C)C/C=C(\C)CCCOCCN(CCO)C(C)=O. The Kier molecular flexibility index (Phi) is 12.3. The summed E-state index contributed by atoms with van der Waals surface area (Å²) in [5.74, 6) is 0.747. The topological polar surface area (TPSA) is 49.8 Å². The Hall–Kier alpha value is -0.870. The second-order valence-corrected chi connectivity index (χ2v) is 5.75. The molecule has 0 saturated heterocycles. The van der Waals surface area contributed by atoms with Crippen LogP contribution in [-0.4, -0.2) is 48.8 Å². The van der Waals surface area contributed by atoms with Gasteiger partial charge in [0.1, 0.15) is 0 Å². The van der Waals surface area contributed by atoms with Gasteiger partial charge in [0, 0.05) is 26.6 Å². The van der Waals surface area contributed by atoms with Crippen molar-refractivity contribution >= 4 is 5.91 Å². The van der Waals surface area contributed by atoms with Crippen LogP contribution in [0.2, 0.25) is 0 Å². The molecule has 0 aromatic carbocycles. The van der Waals surface area contributed by atoms with Gasteiger partial charge in [-0.05, 0) is 32.1 Å². The number of carbonyl (C=O) groups is 1. The van der Waals surface area contributed by atoms with Crippen molar-refractivity contribution in [3.05, 3.63) is 11.6 Å². The molecule has 0 bridgehead atoms. The van der Waals surface area contributed by atoms with Gasteiger partial charge in [-0.25, -0.2) is 0 Å². The standard InChI is InChI=1S/C17H33NO3/c1-5-15(2)8-9-16(3)7-6-13-21-14-11-18(10-12-19)17(4)20/h9,15,19H,5-8,10-14H2,1-4H3/b16-9+. The summed E-state index contributed by atoms with van der Waals surface area (Å²) in [5.41, 5.74) is 1.43. The van der Waals surface area contributed by atoms with E-state index < -0.39 is 0 Å². The molecule has 0 aliphatic heterocycles. The first-order valence-electron chi connectivity index (χ1n) is 8.11. The zero-order valence-electron chi connectivity index (χ0n) is 14.2. The normalized spacial score (nSPS) is 13.3. The van der Waals surface area contributed by atoms with Crippen LogP contribution in [0.15, 0.2) is 11.6 Å². The van der Waals surface area contributed by atoms with Crippen LogP contribution in [0.4, 0.5) is 0 Å². The molecular weight excluding hydrogens is 266 g/mol. The van der Waals surface area contributed by atoms with E-state index in [9.17, 15) is 4.79 Å². The number of nitrogens with zero attached hydrogens (tertiary/aromatic N) is 1. The average Bonchev–Trinajstić information content (AvgIpc) is 2.46. The van der Waals surface area contributed by atoms with E-state index in [1.807, 2.05) is 0 Å². The van der Waals surface area contributed by atoms with Gasteiger partial charge in [-0.3, -0.25) is 4.79 Å². The molecule has 0 rings (SSSR count). The van der Waals surface area contributed by atoms with Crippen molar-refractivity contribution in [2.75, 3.05) is 32.9 Å². The van der Waals surface area contributed by atoms with Crippen LogP contribution in [0, 0.1) is 5.92 Å². The minimum Gasteiger partial charge on any atom is -0.395 e. The van der Waals surface area contributed by atoms with Crippen molar-refractivity contribution in [1.82, 2.24) is 4.90 Å². The van der Waals surface area contributed by atoms with Crippen LogP contribution in [0.5, 0.6) is 0 Å². The van der Waals surface area contributed by atoms with E-state index in [1.165, 1.54) is 18.9 Å². The zero-order chi connectivity index (χ0) is 16.1. The van der Waals surface area contributed by atoms with Crippen molar-refractivity contribution in [2.24, 2.45) is 5.92 Å². The van der Waals surface area contributed by atoms with Gasteiger partial charge >= 0.3 is 0 Å². The maximum atomic E-state index is 11.2. The molecule has 0 heterocycles. The molecule has 1 amide bonds. The minimum atomic E-state index is -0.0172. The van der Waals surface area contributed by atoms with Gasteiger partial charge < -0.3 is 14.7 Å². The highest BCUT2D eigenvalue weighted by Gasteiger charge is 2.06. The fourth-order valence-corrected chi connectivity index (χ4v) is 1.95. The summed E-state index contributed by atoms with van der Waals surface area (Å²) in [6.45, 7) is 10.4. The molecule has 0 fully saturated rings. The average molecular weight is 299 g/mol. The number of aliphatic hydroxyl groups excluding tert-OH is 1. The number of ether oxygens (including phenoxy) is 1. The lowest BCUT2D eigenvalue weighted by Gasteiger charge is -2.19. The van der Waals surface area contributed by atoms with Gasteiger partial charge in [-0.15, -0.1) is 0 Å². The molecule has 1 N–H and O–H groups in total. The third-order valence-corrected chi connectivity index (χ3v) is 3.75. The molecule has 1 atom stereocenters. The van der Waals surface area contributed by atoms with E-state index in [4.69, 9.17) is 9.84 Å². The monoisotopic (exact) mass is 299 g/mol. The van der Waals surface area contributed by atoms with Gasteiger partial charge in [-0.1, -0.05) is 31.9 Å². The minimum absolute atomic E-state index is 0.000246. The highest BCUT2D eigenvalue weighted by molar-refractivity contribution is 5.73. The van der Waals surface area contributed by atoms with Crippen LogP contribution in [0.3, 0.4) is 0 Å². The lowest BCUT2D eigenvalue weighted by molar-refractivity contribution is -0.130. The third-order valence-electron chi connectivity index (χ3n) is 3.75. The zero-order valence-corrected chi connectivity index (χ0v) is 14.2. The van der Waals surface area contributed by atoms with Crippen molar-refractivity contribution in [1.29, 1.82) is 0 Å². The Morgan fingerprint density at radius 2 is 2.00 bits per heavy atom. The molecule has 0 radical (unpaired) electrons. The molecule has 21 heavy (non-hydrogen) atoms. The summed E-state index contributed by atoms with van der Waals surface area (Å²) in [4.78, 5) is 12.9. The predicted octanol–water partition coefficient (Wildman–Crippen LogP) is 3.01. The molecule has 4 nitrogen and oxygen atoms in total. The lowest BCUT2D eigenvalue weighted by atomic mass is 10.0. The summed E-state index contributed by atoms with van der Waals surface area (Å²) in [6, 6.07) is 0. The molecular formula is C17H33NO3. The largest absolute Gasteiger partial charge is 0.395 e. The van der Waals surface area contributed by atoms with Gasteiger partial charge in [0.25, 0.3) is 0 Å². The van der Waals surface area contributed by atoms with Crippen LogP contribution in [0.25, 0.3) is 0 Å². The van der Waals surface area contributed by atoms with Crippen molar-refractivity contribution in [3.8, 4) is 0 Å². The van der Waals surface area contributed by atoms with E-state index in [1.54, 1.807) is 4.90 Å². The molecule has 0 aliphatic carbocycles. The first-order valence-corrected chi connectivity index (χ1v) is 8.11. The van der Waals surface area contributed by atoms with E-state index >= 15 is 0 Å². The number of aliphatic hydroxyl groups is 1. The second kappa shape index (κ2) is 12.8. The molecule has 1 unspecified atom stereocenters. The van der Waals surface area contributed by atoms with Crippen molar-refractivity contribution < 1.29 is 14.6 Å². The van der Waals surface area contributed by atoms with Gasteiger partial charge in [0.05, 0.1) is 13.2 Å². The predicted molar refractivity (Wildman–Crippen MR) is 87.2 cm³/mol. The van der Waals surface area contributed by atoms with Crippen molar-refractivity contribution in [3.63, 3.8) is 0 Å². The molecule has 124 valence electrons. The Bertz CT molecular complexity index is 302. The third kappa shape index (κ3) is 11.5. The summed E-state index contributed by atoms with van der Waals surface area (Å²) in [7, 11) is 0. The quantitative estimate of drug-likeness (QED) is 0.445. The molecule has 0 aromatic heterocycles. The fourth-order valence-electron chi connectivity index (χ4n) is 1.95. The van der Waals surface area contributed by atoms with Crippen LogP contribution >= 0.6 is 0 Å². The Morgan fingerprint density at radius 3 is 2.57 bits per heavy atom. The smallest absolute Gasteiger partial charge is 0.219 e. The first kappa shape index (κ1) is 20.1. The molecule has 0 aromatic rings. The fraction of sp³-hybridized carbons (Fsp3) is 0.824. The molecule has 0 aliphatic rings. The molecule has 4 heteroatoms. The van der Waals surface area contributed by atoms with E-state index in [0.29, 0.717) is 19.7 Å². The number of carbonyl (C=O) groups excluding carboxylic acids is 1. The Labute approximate surface area is 130 Å². The summed E-state index contributed by atoms with van der Waals surface area (Å²) in [6.07, 6.45) is 6.82. The second-order valence-electron chi connectivity index (χ2n) is 5.75. The van der Waals surface area contributed by atoms with Crippen LogP contribution in [-0.2, 0) is 9.53 Å². The number of amides is 1. The molecule has 0 spiro atoms. The number of hydrogen-bond donors (Lipinski definition) is 1. The Balaban J connectivity index is 3.65. The van der Waals surface area contributed by atoms with Gasteiger partial charge in [0.15, 0.2) is 0 Å². The van der Waals surface area contributed by atoms with E-state index in [-0.39, 0.29) is 12.5 Å². The lowest BCUT2D eigenvalue weighted by Crippen LogP contribution is -2.34. The number of hydrogen-bond acceptors (Lipinski definition) is 3. The summed E-state index contributed by atoms with van der Waals surface area (Å²) < 4.78 is 5.56. The first-order chi connectivity index (χ1) is 10.0. The number of rotatable bonds is 12. The maximum Gasteiger partial charge on any atom is 0.219 e. The van der Waals surface area contributed by atoms with E-state index in [2.05, 4.69) is 26.8 Å². The number of allylic oxidation sites excluding steroid dienone is 2. The molecule has 0 saturated carbocycles. The summed E-state index contributed by atoms with van der Waals surface area (Å²) >= 11 is 0. The Morgan fingerprint density at radius 1 is 1.29 bits per heavy atom. The van der Waals surface area contributed by atoms with Gasteiger partial charge in [-0.2, -0.15) is 0 Å². The highest BCUT2D eigenvalue weighted by atomic mass is 16.5. The van der Waals surface area contributed by atoms with Gasteiger partial charge in [0.2, 0.25) is 5.91 Å². The van der Waals surface area contributed by atoms with Crippen LogP contribution < -0.4 is 0 Å². The summed E-state index contributed by atoms with van der Waals surface area (Å²) in [5, 5.41) is 8.85. The van der Waals surface area contributed by atoms with Crippen molar-refractivity contribution in [2.45, 2.75) is 53.4 Å². The van der Waals surface area contributed by atoms with E-state index in [0.717, 1.165) is 31.8 Å². The van der Waals surface area contributed by atoms with Crippen LogP contribution in [0.1, 0.15) is 53.4 Å².